The summed E-state index contributed by atoms with van der Waals surface area (Å²) in [4.78, 5) is 14.0. The maximum atomic E-state index is 13.8. The molecule has 1 N–H and O–H groups in total. The SMILES string of the molecule is Cc1cc(C(=O)N(CCO)C2CCCC2)c(F)cc1F. The summed E-state index contributed by atoms with van der Waals surface area (Å²) in [5.74, 6) is -1.97. The molecule has 0 atom stereocenters. The molecule has 0 unspecified atom stereocenters. The van der Waals surface area contributed by atoms with Gasteiger partial charge in [-0.05, 0) is 31.4 Å². The Balaban J connectivity index is 2.29. The number of halogens is 2. The molecule has 0 bridgehead atoms. The van der Waals surface area contributed by atoms with Gasteiger partial charge in [0.15, 0.2) is 0 Å². The molecule has 1 saturated carbocycles. The average molecular weight is 283 g/mol. The van der Waals surface area contributed by atoms with Crippen molar-refractivity contribution in [3.8, 4) is 0 Å². The Morgan fingerprint density at radius 2 is 1.95 bits per heavy atom. The lowest BCUT2D eigenvalue weighted by Gasteiger charge is -2.28. The van der Waals surface area contributed by atoms with Crippen molar-refractivity contribution in [2.45, 2.75) is 38.6 Å². The summed E-state index contributed by atoms with van der Waals surface area (Å²) in [6.45, 7) is 1.51. The van der Waals surface area contributed by atoms with Gasteiger partial charge in [0.2, 0.25) is 0 Å². The lowest BCUT2D eigenvalue weighted by Crippen LogP contribution is -2.41. The van der Waals surface area contributed by atoms with Crippen molar-refractivity contribution in [2.24, 2.45) is 0 Å². The second-order valence-corrected chi connectivity index (χ2v) is 5.24. The molecule has 0 aromatic heterocycles. The van der Waals surface area contributed by atoms with E-state index in [-0.39, 0.29) is 30.3 Å². The van der Waals surface area contributed by atoms with Crippen molar-refractivity contribution in [1.29, 1.82) is 0 Å². The number of aryl methyl sites for hydroxylation is 1. The summed E-state index contributed by atoms with van der Waals surface area (Å²) in [7, 11) is 0. The van der Waals surface area contributed by atoms with E-state index in [1.54, 1.807) is 0 Å². The molecule has 20 heavy (non-hydrogen) atoms. The van der Waals surface area contributed by atoms with E-state index in [2.05, 4.69) is 0 Å². The Kier molecular flexibility index (Phi) is 4.70. The molecule has 1 aliphatic rings. The van der Waals surface area contributed by atoms with Gasteiger partial charge in [-0.1, -0.05) is 12.8 Å². The average Bonchev–Trinajstić information content (AvgIpc) is 2.93. The van der Waals surface area contributed by atoms with Crippen LogP contribution in [0, 0.1) is 18.6 Å². The number of hydrogen-bond acceptors (Lipinski definition) is 2. The molecule has 0 spiro atoms. The number of aliphatic hydroxyl groups excluding tert-OH is 1. The predicted octanol–water partition coefficient (Wildman–Crippen LogP) is 2.65. The lowest BCUT2D eigenvalue weighted by atomic mass is 10.1. The highest BCUT2D eigenvalue weighted by atomic mass is 19.1. The van der Waals surface area contributed by atoms with E-state index in [1.807, 2.05) is 0 Å². The van der Waals surface area contributed by atoms with Crippen molar-refractivity contribution >= 4 is 5.91 Å². The van der Waals surface area contributed by atoms with E-state index in [0.29, 0.717) is 0 Å². The molecule has 0 radical (unpaired) electrons. The van der Waals surface area contributed by atoms with Crippen LogP contribution in [0.4, 0.5) is 8.78 Å². The fourth-order valence-electron chi connectivity index (χ4n) is 2.75. The van der Waals surface area contributed by atoms with E-state index in [0.717, 1.165) is 31.7 Å². The van der Waals surface area contributed by atoms with Crippen LogP contribution in [0.15, 0.2) is 12.1 Å². The topological polar surface area (TPSA) is 40.5 Å². The van der Waals surface area contributed by atoms with Crippen LogP contribution in [0.1, 0.15) is 41.6 Å². The number of hydrogen-bond donors (Lipinski definition) is 1. The minimum Gasteiger partial charge on any atom is -0.395 e. The third-order valence-corrected chi connectivity index (χ3v) is 3.85. The number of aliphatic hydroxyl groups is 1. The van der Waals surface area contributed by atoms with E-state index in [1.165, 1.54) is 17.9 Å². The molecule has 2 rings (SSSR count). The molecule has 110 valence electrons. The van der Waals surface area contributed by atoms with Gasteiger partial charge >= 0.3 is 0 Å². The Morgan fingerprint density at radius 3 is 2.55 bits per heavy atom. The van der Waals surface area contributed by atoms with Crippen LogP contribution in [0.2, 0.25) is 0 Å². The molecule has 0 heterocycles. The third-order valence-electron chi connectivity index (χ3n) is 3.85. The fourth-order valence-corrected chi connectivity index (χ4v) is 2.75. The minimum absolute atomic E-state index is 0.0411. The van der Waals surface area contributed by atoms with Gasteiger partial charge in [-0.3, -0.25) is 4.79 Å². The second-order valence-electron chi connectivity index (χ2n) is 5.24. The Morgan fingerprint density at radius 1 is 1.30 bits per heavy atom. The monoisotopic (exact) mass is 283 g/mol. The summed E-state index contributed by atoms with van der Waals surface area (Å²) in [6, 6.07) is 2.03. The Hall–Kier alpha value is -1.49. The number of rotatable bonds is 4. The molecule has 0 aliphatic heterocycles. The summed E-state index contributed by atoms with van der Waals surface area (Å²) < 4.78 is 27.1. The highest BCUT2D eigenvalue weighted by Gasteiger charge is 2.28. The molecule has 1 amide bonds. The largest absolute Gasteiger partial charge is 0.395 e. The molecular formula is C15H19F2NO2. The first-order valence-corrected chi connectivity index (χ1v) is 6.92. The van der Waals surface area contributed by atoms with E-state index >= 15 is 0 Å². The van der Waals surface area contributed by atoms with E-state index in [9.17, 15) is 13.6 Å². The molecule has 1 aliphatic carbocycles. The van der Waals surface area contributed by atoms with E-state index in [4.69, 9.17) is 5.11 Å². The highest BCUT2D eigenvalue weighted by Crippen LogP contribution is 2.26. The van der Waals surface area contributed by atoms with Crippen molar-refractivity contribution in [1.82, 2.24) is 4.90 Å². The first-order valence-electron chi connectivity index (χ1n) is 6.92. The smallest absolute Gasteiger partial charge is 0.257 e. The van der Waals surface area contributed by atoms with Crippen LogP contribution in [0.3, 0.4) is 0 Å². The molecular weight excluding hydrogens is 264 g/mol. The summed E-state index contributed by atoms with van der Waals surface area (Å²) in [5.41, 5.74) is 0.120. The van der Waals surface area contributed by atoms with Gasteiger partial charge in [-0.25, -0.2) is 8.78 Å². The summed E-state index contributed by atoms with van der Waals surface area (Å²) >= 11 is 0. The summed E-state index contributed by atoms with van der Waals surface area (Å²) in [5, 5.41) is 9.11. The first-order chi connectivity index (χ1) is 9.54. The minimum atomic E-state index is -0.848. The summed E-state index contributed by atoms with van der Waals surface area (Å²) in [6.07, 6.45) is 3.80. The van der Waals surface area contributed by atoms with Crippen LogP contribution in [0.5, 0.6) is 0 Å². The molecule has 3 nitrogen and oxygen atoms in total. The second kappa shape index (κ2) is 6.31. The van der Waals surface area contributed by atoms with Crippen LogP contribution in [0.25, 0.3) is 0 Å². The number of nitrogens with zero attached hydrogens (tertiary/aromatic N) is 1. The van der Waals surface area contributed by atoms with Crippen molar-refractivity contribution in [2.75, 3.05) is 13.2 Å². The van der Waals surface area contributed by atoms with Gasteiger partial charge in [-0.15, -0.1) is 0 Å². The molecule has 0 saturated heterocycles. The normalized spacial score (nSPS) is 15.6. The van der Waals surface area contributed by atoms with Crippen LogP contribution >= 0.6 is 0 Å². The van der Waals surface area contributed by atoms with Crippen molar-refractivity contribution < 1.29 is 18.7 Å². The molecule has 5 heteroatoms. The zero-order valence-electron chi connectivity index (χ0n) is 11.5. The Labute approximate surface area is 117 Å². The zero-order valence-corrected chi connectivity index (χ0v) is 11.5. The maximum absolute atomic E-state index is 13.8. The fraction of sp³-hybridized carbons (Fsp3) is 0.533. The zero-order chi connectivity index (χ0) is 14.7. The van der Waals surface area contributed by atoms with Gasteiger partial charge < -0.3 is 10.0 Å². The van der Waals surface area contributed by atoms with Crippen LogP contribution in [-0.2, 0) is 0 Å². The number of amides is 1. The number of carbonyl (C=O) groups is 1. The van der Waals surface area contributed by atoms with Gasteiger partial charge in [0.1, 0.15) is 11.6 Å². The van der Waals surface area contributed by atoms with Crippen molar-refractivity contribution in [3.63, 3.8) is 0 Å². The highest BCUT2D eigenvalue weighted by molar-refractivity contribution is 5.95. The predicted molar refractivity (Wildman–Crippen MR) is 71.5 cm³/mol. The van der Waals surface area contributed by atoms with Crippen molar-refractivity contribution in [3.05, 3.63) is 34.9 Å². The first kappa shape index (κ1) is 14.9. The van der Waals surface area contributed by atoms with Gasteiger partial charge in [0.25, 0.3) is 5.91 Å². The van der Waals surface area contributed by atoms with Gasteiger partial charge in [-0.2, -0.15) is 0 Å². The van der Waals surface area contributed by atoms with Gasteiger partial charge in [0.05, 0.1) is 12.2 Å². The molecule has 1 fully saturated rings. The molecule has 1 aromatic carbocycles. The lowest BCUT2D eigenvalue weighted by molar-refractivity contribution is 0.0633. The Bertz CT molecular complexity index is 499. The number of carbonyl (C=O) groups excluding carboxylic acids is 1. The molecule has 1 aromatic rings. The number of benzene rings is 1. The van der Waals surface area contributed by atoms with E-state index < -0.39 is 17.5 Å². The standard InChI is InChI=1S/C15H19F2NO2/c1-10-8-12(14(17)9-13(10)16)15(20)18(6-7-19)11-4-2-3-5-11/h8-9,11,19H,2-7H2,1H3. The quantitative estimate of drug-likeness (QED) is 0.923. The van der Waals surface area contributed by atoms with Crippen LogP contribution < -0.4 is 0 Å². The third kappa shape index (κ3) is 2.98. The maximum Gasteiger partial charge on any atom is 0.257 e. The van der Waals surface area contributed by atoms with Crippen LogP contribution in [-0.4, -0.2) is 35.1 Å². The van der Waals surface area contributed by atoms with Gasteiger partial charge in [0, 0.05) is 18.7 Å².